The van der Waals surface area contributed by atoms with E-state index in [0.29, 0.717) is 48.5 Å². The highest BCUT2D eigenvalue weighted by molar-refractivity contribution is 6.42. The molecule has 0 aliphatic carbocycles. The first kappa shape index (κ1) is 15.2. The van der Waals surface area contributed by atoms with Gasteiger partial charge >= 0.3 is 6.09 Å². The molecule has 1 atom stereocenters. The van der Waals surface area contributed by atoms with E-state index in [2.05, 4.69) is 5.32 Å². The van der Waals surface area contributed by atoms with Crippen LogP contribution in [-0.4, -0.2) is 48.4 Å². The minimum Gasteiger partial charge on any atom is -0.492 e. The fraction of sp³-hybridized carbons (Fsp3) is 0.462. The Balaban J connectivity index is 1.81. The lowest BCUT2D eigenvalue weighted by Gasteiger charge is -2.31. The van der Waals surface area contributed by atoms with Crippen LogP contribution in [0.4, 0.5) is 4.79 Å². The largest absolute Gasteiger partial charge is 0.492 e. The molecule has 0 unspecified atom stereocenters. The molecule has 110 valence electrons. The van der Waals surface area contributed by atoms with Crippen LogP contribution in [0, 0.1) is 0 Å². The number of nitrogens with one attached hydrogen (secondary N) is 1. The third-order valence-electron chi connectivity index (χ3n) is 3.17. The fourth-order valence-electron chi connectivity index (χ4n) is 2.10. The molecule has 2 N–H and O–H groups in total. The zero-order chi connectivity index (χ0) is 14.5. The first-order chi connectivity index (χ1) is 9.58. The lowest BCUT2D eigenvalue weighted by molar-refractivity contribution is 0.124. The van der Waals surface area contributed by atoms with Gasteiger partial charge in [-0.2, -0.15) is 0 Å². The third-order valence-corrected chi connectivity index (χ3v) is 3.97. The maximum atomic E-state index is 10.9. The zero-order valence-electron chi connectivity index (χ0n) is 10.8. The summed E-state index contributed by atoms with van der Waals surface area (Å²) in [5.41, 5.74) is 0. The third kappa shape index (κ3) is 3.91. The molecule has 0 aromatic heterocycles. The van der Waals surface area contributed by atoms with Crippen LogP contribution in [0.5, 0.6) is 5.75 Å². The number of carboxylic acid groups (broad SMARTS) is 1. The maximum Gasteiger partial charge on any atom is 0.407 e. The summed E-state index contributed by atoms with van der Waals surface area (Å²) in [6.07, 6.45) is -0.178. The van der Waals surface area contributed by atoms with E-state index >= 15 is 0 Å². The van der Waals surface area contributed by atoms with Crippen LogP contribution in [-0.2, 0) is 0 Å². The van der Waals surface area contributed by atoms with Crippen molar-refractivity contribution in [3.05, 3.63) is 28.2 Å². The Hall–Kier alpha value is -1.17. The summed E-state index contributed by atoms with van der Waals surface area (Å²) in [6.45, 7) is 2.11. The number of halogens is 2. The van der Waals surface area contributed by atoms with Crippen LogP contribution in [0.25, 0.3) is 0 Å². The molecule has 1 saturated heterocycles. The van der Waals surface area contributed by atoms with Gasteiger partial charge in [0, 0.05) is 25.7 Å². The van der Waals surface area contributed by atoms with Gasteiger partial charge in [-0.15, -0.1) is 0 Å². The number of amides is 1. The van der Waals surface area contributed by atoms with E-state index in [0.717, 1.165) is 0 Å². The van der Waals surface area contributed by atoms with Crippen molar-refractivity contribution in [3.8, 4) is 5.75 Å². The van der Waals surface area contributed by atoms with E-state index < -0.39 is 6.09 Å². The lowest BCUT2D eigenvalue weighted by atomic mass is 10.1. The van der Waals surface area contributed by atoms with Gasteiger partial charge in [0.15, 0.2) is 0 Å². The fourth-order valence-corrected chi connectivity index (χ4v) is 2.45. The summed E-state index contributed by atoms with van der Waals surface area (Å²) in [5.74, 6) is 0.546. The molecule has 1 amide bonds. The van der Waals surface area contributed by atoms with Crippen LogP contribution in [0.2, 0.25) is 10.0 Å². The average Bonchev–Trinajstić information content (AvgIpc) is 2.44. The van der Waals surface area contributed by atoms with Crippen molar-refractivity contribution in [2.24, 2.45) is 0 Å². The molecular formula is C13H16Cl2N2O3. The number of benzene rings is 1. The molecule has 1 aromatic carbocycles. The summed E-state index contributed by atoms with van der Waals surface area (Å²) >= 11 is 11.9. The molecule has 0 saturated carbocycles. The van der Waals surface area contributed by atoms with Gasteiger partial charge in [0.1, 0.15) is 10.8 Å². The molecule has 1 heterocycles. The molecule has 1 fully saturated rings. The van der Waals surface area contributed by atoms with Crippen LogP contribution in [0.15, 0.2) is 18.2 Å². The summed E-state index contributed by atoms with van der Waals surface area (Å²) in [7, 11) is 0. The number of carbonyl (C=O) groups is 1. The Labute approximate surface area is 127 Å². The van der Waals surface area contributed by atoms with Crippen molar-refractivity contribution < 1.29 is 14.6 Å². The molecule has 1 aliphatic rings. The first-order valence-corrected chi connectivity index (χ1v) is 7.11. The number of nitrogens with zero attached hydrogens (tertiary/aromatic N) is 1. The van der Waals surface area contributed by atoms with Crippen molar-refractivity contribution in [2.45, 2.75) is 12.5 Å². The van der Waals surface area contributed by atoms with Gasteiger partial charge in [-0.1, -0.05) is 29.3 Å². The van der Waals surface area contributed by atoms with Crippen LogP contribution in [0.1, 0.15) is 6.42 Å². The van der Waals surface area contributed by atoms with E-state index in [1.807, 2.05) is 0 Å². The second-order valence-corrected chi connectivity index (χ2v) is 5.35. The van der Waals surface area contributed by atoms with Gasteiger partial charge in [-0.25, -0.2) is 4.79 Å². The number of hydrogen-bond donors (Lipinski definition) is 2. The summed E-state index contributed by atoms with van der Waals surface area (Å²) in [4.78, 5) is 12.3. The number of ether oxygens (including phenoxy) is 1. The van der Waals surface area contributed by atoms with Crippen molar-refractivity contribution in [1.29, 1.82) is 0 Å². The minimum atomic E-state index is -0.879. The van der Waals surface area contributed by atoms with Crippen molar-refractivity contribution >= 4 is 29.3 Å². The Morgan fingerprint density at radius 1 is 1.50 bits per heavy atom. The van der Waals surface area contributed by atoms with E-state index in [1.54, 1.807) is 18.2 Å². The average molecular weight is 319 g/mol. The van der Waals surface area contributed by atoms with Gasteiger partial charge in [0.05, 0.1) is 11.6 Å². The molecule has 5 nitrogen and oxygen atoms in total. The van der Waals surface area contributed by atoms with Crippen molar-refractivity contribution in [1.82, 2.24) is 10.2 Å². The van der Waals surface area contributed by atoms with Gasteiger partial charge < -0.3 is 20.1 Å². The zero-order valence-corrected chi connectivity index (χ0v) is 12.3. The van der Waals surface area contributed by atoms with E-state index in [4.69, 9.17) is 33.0 Å². The highest BCUT2D eigenvalue weighted by Gasteiger charge is 2.22. The standard InChI is InChI=1S/C13H16Cl2N2O3/c14-10-2-1-3-11(12(10)15)20-7-4-9-8-17(13(18)19)6-5-16-9/h1-3,9,16H,4-8H2,(H,18,19)/t9-/m1/s1. The molecule has 2 rings (SSSR count). The molecule has 0 radical (unpaired) electrons. The molecule has 7 heteroatoms. The predicted molar refractivity (Wildman–Crippen MR) is 78.0 cm³/mol. The highest BCUT2D eigenvalue weighted by atomic mass is 35.5. The van der Waals surface area contributed by atoms with Gasteiger partial charge in [-0.3, -0.25) is 0 Å². The SMILES string of the molecule is O=C(O)N1CCN[C@H](CCOc2cccc(Cl)c2Cl)C1. The maximum absolute atomic E-state index is 10.9. The smallest absolute Gasteiger partial charge is 0.407 e. The number of piperazine rings is 1. The topological polar surface area (TPSA) is 61.8 Å². The van der Waals surface area contributed by atoms with E-state index in [-0.39, 0.29) is 6.04 Å². The van der Waals surface area contributed by atoms with Gasteiger partial charge in [0.2, 0.25) is 0 Å². The quantitative estimate of drug-likeness (QED) is 0.896. The summed E-state index contributed by atoms with van der Waals surface area (Å²) in [5, 5.41) is 13.1. The number of hydrogen-bond acceptors (Lipinski definition) is 3. The highest BCUT2D eigenvalue weighted by Crippen LogP contribution is 2.31. The first-order valence-electron chi connectivity index (χ1n) is 6.36. The van der Waals surface area contributed by atoms with Crippen LogP contribution < -0.4 is 10.1 Å². The normalized spacial score (nSPS) is 18.9. The molecule has 0 spiro atoms. The molecular weight excluding hydrogens is 303 g/mol. The van der Waals surface area contributed by atoms with E-state index in [9.17, 15) is 4.79 Å². The summed E-state index contributed by atoms with van der Waals surface area (Å²) < 4.78 is 5.59. The lowest BCUT2D eigenvalue weighted by Crippen LogP contribution is -2.52. The van der Waals surface area contributed by atoms with Crippen molar-refractivity contribution in [2.75, 3.05) is 26.2 Å². The Bertz CT molecular complexity index is 485. The Morgan fingerprint density at radius 3 is 3.05 bits per heavy atom. The minimum absolute atomic E-state index is 0.0952. The molecule has 1 aliphatic heterocycles. The van der Waals surface area contributed by atoms with Crippen molar-refractivity contribution in [3.63, 3.8) is 0 Å². The second kappa shape index (κ2) is 7.02. The Kier molecular flexibility index (Phi) is 5.34. The predicted octanol–water partition coefficient (Wildman–Crippen LogP) is 2.71. The second-order valence-electron chi connectivity index (χ2n) is 4.57. The molecule has 1 aromatic rings. The van der Waals surface area contributed by atoms with Crippen LogP contribution in [0.3, 0.4) is 0 Å². The van der Waals surface area contributed by atoms with Gasteiger partial charge in [-0.05, 0) is 18.6 Å². The van der Waals surface area contributed by atoms with Gasteiger partial charge in [0.25, 0.3) is 0 Å². The van der Waals surface area contributed by atoms with E-state index in [1.165, 1.54) is 4.90 Å². The molecule has 0 bridgehead atoms. The monoisotopic (exact) mass is 318 g/mol. The molecule has 20 heavy (non-hydrogen) atoms. The summed E-state index contributed by atoms with van der Waals surface area (Å²) in [6, 6.07) is 5.32. The van der Waals surface area contributed by atoms with Crippen LogP contribution >= 0.6 is 23.2 Å². The Morgan fingerprint density at radius 2 is 2.30 bits per heavy atom. The number of rotatable bonds is 4.